The van der Waals surface area contributed by atoms with Gasteiger partial charge in [-0.1, -0.05) is 0 Å². The molecule has 1 aliphatic heterocycles. The Morgan fingerprint density at radius 3 is 2.33 bits per heavy atom. The van der Waals surface area contributed by atoms with E-state index in [0.717, 1.165) is 0 Å². The normalized spacial score (nSPS) is 21.9. The monoisotopic (exact) mass is 130 g/mol. The first kappa shape index (κ1) is 6.71. The minimum Gasteiger partial charge on any atom is -0.355 e. The third kappa shape index (κ3) is 1.77. The first-order valence-corrected chi connectivity index (χ1v) is 2.96. The minimum absolute atomic E-state index is 0.0289. The van der Waals surface area contributed by atoms with E-state index < -0.39 is 0 Å². The van der Waals surface area contributed by atoms with Crippen molar-refractivity contribution in [1.82, 2.24) is 0 Å². The van der Waals surface area contributed by atoms with Gasteiger partial charge in [0, 0.05) is 0 Å². The fraction of sp³-hybridized carbons (Fsp3) is 0.833. The number of ether oxygens (including phenoxy) is 2. The molecule has 0 bridgehead atoms. The van der Waals surface area contributed by atoms with Gasteiger partial charge in [0.2, 0.25) is 0 Å². The quantitative estimate of drug-likeness (QED) is 0.508. The van der Waals surface area contributed by atoms with Crippen LogP contribution in [0.5, 0.6) is 0 Å². The summed E-state index contributed by atoms with van der Waals surface area (Å²) >= 11 is 0. The molecular formula is C6H10O3. The van der Waals surface area contributed by atoms with Crippen LogP contribution in [0.4, 0.5) is 0 Å². The first-order valence-electron chi connectivity index (χ1n) is 2.96. The summed E-state index contributed by atoms with van der Waals surface area (Å²) in [6, 6.07) is 0. The zero-order chi connectivity index (χ0) is 6.69. The second-order valence-electron chi connectivity index (χ2n) is 2.17. The van der Waals surface area contributed by atoms with Gasteiger partial charge < -0.3 is 9.47 Å². The van der Waals surface area contributed by atoms with E-state index in [2.05, 4.69) is 0 Å². The highest BCUT2D eigenvalue weighted by molar-refractivity contribution is 5.78. The van der Waals surface area contributed by atoms with Crippen molar-refractivity contribution in [1.29, 1.82) is 0 Å². The smallest absolute Gasteiger partial charge is 0.146 e. The van der Waals surface area contributed by atoms with Crippen LogP contribution in [0.1, 0.15) is 6.92 Å². The predicted octanol–water partition coefficient (Wildman–Crippen LogP) is 0.196. The van der Waals surface area contributed by atoms with Crippen LogP contribution in [-0.2, 0) is 14.3 Å². The zero-order valence-corrected chi connectivity index (χ0v) is 5.42. The second-order valence-corrected chi connectivity index (χ2v) is 2.17. The average molecular weight is 130 g/mol. The third-order valence-corrected chi connectivity index (χ3v) is 1.38. The summed E-state index contributed by atoms with van der Waals surface area (Å²) in [5.74, 6) is 0.119. The van der Waals surface area contributed by atoms with Crippen LogP contribution in [0, 0.1) is 5.92 Å². The summed E-state index contributed by atoms with van der Waals surface area (Å²) in [5.41, 5.74) is 0. The Morgan fingerprint density at radius 1 is 1.44 bits per heavy atom. The van der Waals surface area contributed by atoms with Crippen molar-refractivity contribution in [2.75, 3.05) is 20.0 Å². The molecule has 3 heteroatoms. The van der Waals surface area contributed by atoms with Crippen molar-refractivity contribution in [2.45, 2.75) is 6.92 Å². The maximum atomic E-state index is 10.6. The molecule has 1 saturated heterocycles. The van der Waals surface area contributed by atoms with Gasteiger partial charge >= 0.3 is 0 Å². The highest BCUT2D eigenvalue weighted by Crippen LogP contribution is 2.05. The van der Waals surface area contributed by atoms with Gasteiger partial charge in [-0.3, -0.25) is 4.79 Å². The highest BCUT2D eigenvalue weighted by atomic mass is 16.7. The summed E-state index contributed by atoms with van der Waals surface area (Å²) in [6.45, 7) is 2.94. The summed E-state index contributed by atoms with van der Waals surface area (Å²) in [4.78, 5) is 10.6. The van der Waals surface area contributed by atoms with E-state index in [-0.39, 0.29) is 11.7 Å². The molecule has 0 radical (unpaired) electrons. The molecule has 0 amide bonds. The molecule has 3 nitrogen and oxygen atoms in total. The number of ketones is 1. The van der Waals surface area contributed by atoms with Gasteiger partial charge in [-0.15, -0.1) is 0 Å². The number of carbonyl (C=O) groups excluding carboxylic acids is 1. The molecule has 1 aliphatic rings. The van der Waals surface area contributed by atoms with Gasteiger partial charge in [0.25, 0.3) is 0 Å². The molecule has 0 N–H and O–H groups in total. The number of carbonyl (C=O) groups is 1. The van der Waals surface area contributed by atoms with Gasteiger partial charge in [0.15, 0.2) is 0 Å². The highest BCUT2D eigenvalue weighted by Gasteiger charge is 2.17. The van der Waals surface area contributed by atoms with Gasteiger partial charge in [0.05, 0.1) is 19.1 Å². The zero-order valence-electron chi connectivity index (χ0n) is 5.42. The lowest BCUT2D eigenvalue weighted by molar-refractivity contribution is -0.148. The molecular weight excluding hydrogens is 120 g/mol. The van der Waals surface area contributed by atoms with E-state index in [9.17, 15) is 4.79 Å². The molecule has 0 spiro atoms. The van der Waals surface area contributed by atoms with E-state index >= 15 is 0 Å². The van der Waals surface area contributed by atoms with E-state index in [1.807, 2.05) is 0 Å². The Morgan fingerprint density at radius 2 is 2.00 bits per heavy atom. The summed E-state index contributed by atoms with van der Waals surface area (Å²) in [6.07, 6.45) is 0. The Balaban J connectivity index is 2.31. The number of Topliss-reactive ketones (excluding diaryl/α,β-unsaturated/α-hetero) is 1. The van der Waals surface area contributed by atoms with Crippen LogP contribution in [-0.4, -0.2) is 25.8 Å². The lowest BCUT2D eigenvalue weighted by atomic mass is 10.1. The van der Waals surface area contributed by atoms with Crippen LogP contribution in [0.3, 0.4) is 0 Å². The van der Waals surface area contributed by atoms with Crippen LogP contribution >= 0.6 is 0 Å². The Bertz CT molecular complexity index is 105. The van der Waals surface area contributed by atoms with Crippen molar-refractivity contribution in [3.05, 3.63) is 0 Å². The molecule has 0 aromatic heterocycles. The average Bonchev–Trinajstić information content (AvgIpc) is 1.90. The first-order chi connectivity index (χ1) is 4.30. The SMILES string of the molecule is CC(=O)C1COCOC1. The molecule has 9 heavy (non-hydrogen) atoms. The molecule has 1 fully saturated rings. The third-order valence-electron chi connectivity index (χ3n) is 1.38. The summed E-state index contributed by atoms with van der Waals surface area (Å²) in [5, 5.41) is 0. The maximum Gasteiger partial charge on any atom is 0.146 e. The van der Waals surface area contributed by atoms with E-state index in [1.54, 1.807) is 6.92 Å². The second kappa shape index (κ2) is 2.94. The number of rotatable bonds is 1. The summed E-state index contributed by atoms with van der Waals surface area (Å²) in [7, 11) is 0. The minimum atomic E-state index is -0.0289. The Kier molecular flexibility index (Phi) is 2.19. The van der Waals surface area contributed by atoms with Gasteiger partial charge in [0.1, 0.15) is 12.6 Å². The molecule has 0 aromatic carbocycles. The lowest BCUT2D eigenvalue weighted by Gasteiger charge is -2.19. The summed E-state index contributed by atoms with van der Waals surface area (Å²) < 4.78 is 9.80. The van der Waals surface area contributed by atoms with Crippen LogP contribution < -0.4 is 0 Å². The van der Waals surface area contributed by atoms with E-state index in [1.165, 1.54) is 0 Å². The van der Waals surface area contributed by atoms with Crippen molar-refractivity contribution in [3.8, 4) is 0 Å². The van der Waals surface area contributed by atoms with E-state index in [4.69, 9.17) is 9.47 Å². The van der Waals surface area contributed by atoms with Crippen molar-refractivity contribution in [3.63, 3.8) is 0 Å². The molecule has 1 rings (SSSR count). The van der Waals surface area contributed by atoms with Crippen LogP contribution in [0.15, 0.2) is 0 Å². The molecule has 0 unspecified atom stereocenters. The lowest BCUT2D eigenvalue weighted by Crippen LogP contribution is -2.29. The van der Waals surface area contributed by atoms with Crippen molar-refractivity contribution < 1.29 is 14.3 Å². The largest absolute Gasteiger partial charge is 0.355 e. The van der Waals surface area contributed by atoms with Gasteiger partial charge in [-0.05, 0) is 6.92 Å². The van der Waals surface area contributed by atoms with Gasteiger partial charge in [-0.2, -0.15) is 0 Å². The van der Waals surface area contributed by atoms with Gasteiger partial charge in [-0.25, -0.2) is 0 Å². The Hall–Kier alpha value is -0.410. The molecule has 0 aromatic rings. The molecule has 52 valence electrons. The fourth-order valence-corrected chi connectivity index (χ4v) is 0.722. The van der Waals surface area contributed by atoms with Crippen molar-refractivity contribution >= 4 is 5.78 Å². The standard InChI is InChI=1S/C6H10O3/c1-5(7)6-2-8-4-9-3-6/h6H,2-4H2,1H3. The topological polar surface area (TPSA) is 35.5 Å². The molecule has 0 atom stereocenters. The van der Waals surface area contributed by atoms with Crippen LogP contribution in [0.25, 0.3) is 0 Å². The van der Waals surface area contributed by atoms with E-state index in [0.29, 0.717) is 20.0 Å². The number of hydrogen-bond donors (Lipinski definition) is 0. The Labute approximate surface area is 53.9 Å². The van der Waals surface area contributed by atoms with Crippen molar-refractivity contribution in [2.24, 2.45) is 5.92 Å². The fourth-order valence-electron chi connectivity index (χ4n) is 0.722. The van der Waals surface area contributed by atoms with Crippen LogP contribution in [0.2, 0.25) is 0 Å². The predicted molar refractivity (Wildman–Crippen MR) is 30.9 cm³/mol. The maximum absolute atomic E-state index is 10.6. The molecule has 0 saturated carbocycles. The molecule has 1 heterocycles. The number of hydrogen-bond acceptors (Lipinski definition) is 3. The molecule has 0 aliphatic carbocycles.